The molecular weight excluding hydrogens is 490 g/mol. The number of nitrogens with zero attached hydrogens (tertiary/aromatic N) is 3. The van der Waals surface area contributed by atoms with E-state index in [0.717, 1.165) is 28.4 Å². The number of hydrazine groups is 1. The molecule has 4 rings (SSSR count). The minimum absolute atomic E-state index is 0.0519. The summed E-state index contributed by atoms with van der Waals surface area (Å²) < 4.78 is 12.3. The third-order valence-corrected chi connectivity index (χ3v) is 6.36. The van der Waals surface area contributed by atoms with Gasteiger partial charge in [-0.05, 0) is 47.5 Å². The Morgan fingerprint density at radius 1 is 0.784 bits per heavy atom. The summed E-state index contributed by atoms with van der Waals surface area (Å²) in [7, 11) is 3.21. The molecule has 2 amide bonds. The second kappa shape index (κ2) is 12.6. The van der Waals surface area contributed by atoms with Crippen LogP contribution in [0.25, 0.3) is 5.69 Å². The maximum absolute atomic E-state index is 12.4. The summed E-state index contributed by atoms with van der Waals surface area (Å²) in [5.74, 6) is 1.62. The Kier molecular flexibility index (Phi) is 8.77. The molecule has 0 saturated heterocycles. The van der Waals surface area contributed by atoms with Gasteiger partial charge in [0, 0.05) is 12.1 Å². The molecule has 190 valence electrons. The number of benzene rings is 3. The fourth-order valence-electron chi connectivity index (χ4n) is 3.55. The molecule has 4 aromatic rings. The van der Waals surface area contributed by atoms with Gasteiger partial charge in [0.15, 0.2) is 5.16 Å². The molecule has 1 aromatic heterocycles. The SMILES string of the molecule is COc1ccc(CC(=O)NNC(=O)CSc2nnc(Cc3ccc(OC)cc3)n2-c2ccccc2)cc1. The highest BCUT2D eigenvalue weighted by Crippen LogP contribution is 2.24. The minimum atomic E-state index is -0.354. The van der Waals surface area contributed by atoms with E-state index in [-0.39, 0.29) is 24.0 Å². The van der Waals surface area contributed by atoms with Crippen LogP contribution in [-0.2, 0) is 22.4 Å². The first-order valence-corrected chi connectivity index (χ1v) is 12.5. The van der Waals surface area contributed by atoms with Crippen LogP contribution in [0.5, 0.6) is 11.5 Å². The highest BCUT2D eigenvalue weighted by molar-refractivity contribution is 7.99. The summed E-state index contributed by atoms with van der Waals surface area (Å²) in [6.45, 7) is 0. The maximum atomic E-state index is 12.4. The van der Waals surface area contributed by atoms with Gasteiger partial charge >= 0.3 is 0 Å². The minimum Gasteiger partial charge on any atom is -0.497 e. The number of nitrogens with one attached hydrogen (secondary N) is 2. The number of rotatable bonds is 10. The van der Waals surface area contributed by atoms with E-state index in [1.807, 2.05) is 59.2 Å². The van der Waals surface area contributed by atoms with Crippen LogP contribution in [0, 0.1) is 0 Å². The van der Waals surface area contributed by atoms with Crippen molar-refractivity contribution in [1.29, 1.82) is 0 Å². The van der Waals surface area contributed by atoms with Gasteiger partial charge in [0.1, 0.15) is 17.3 Å². The van der Waals surface area contributed by atoms with Crippen molar-refractivity contribution in [3.05, 3.63) is 95.8 Å². The van der Waals surface area contributed by atoms with E-state index in [1.165, 1.54) is 11.8 Å². The van der Waals surface area contributed by atoms with E-state index in [4.69, 9.17) is 9.47 Å². The van der Waals surface area contributed by atoms with E-state index >= 15 is 0 Å². The number of thioether (sulfide) groups is 1. The fraction of sp³-hybridized carbons (Fsp3) is 0.185. The van der Waals surface area contributed by atoms with Crippen LogP contribution in [0.15, 0.2) is 84.0 Å². The predicted molar refractivity (Wildman–Crippen MR) is 141 cm³/mol. The highest BCUT2D eigenvalue weighted by atomic mass is 32.2. The smallest absolute Gasteiger partial charge is 0.248 e. The number of carbonyl (C=O) groups excluding carboxylic acids is 2. The average molecular weight is 518 g/mol. The first-order valence-electron chi connectivity index (χ1n) is 11.5. The van der Waals surface area contributed by atoms with E-state index in [2.05, 4.69) is 21.0 Å². The molecule has 0 unspecified atom stereocenters. The topological polar surface area (TPSA) is 107 Å². The Balaban J connectivity index is 1.37. The van der Waals surface area contributed by atoms with Gasteiger partial charge in [-0.25, -0.2) is 0 Å². The van der Waals surface area contributed by atoms with Gasteiger partial charge in [-0.2, -0.15) is 0 Å². The number of ether oxygens (including phenoxy) is 2. The highest BCUT2D eigenvalue weighted by Gasteiger charge is 2.17. The van der Waals surface area contributed by atoms with Crippen LogP contribution in [0.2, 0.25) is 0 Å². The molecule has 37 heavy (non-hydrogen) atoms. The summed E-state index contributed by atoms with van der Waals surface area (Å²) in [6.07, 6.45) is 0.689. The molecular formula is C27H27N5O4S. The van der Waals surface area contributed by atoms with Crippen molar-refractivity contribution in [2.24, 2.45) is 0 Å². The van der Waals surface area contributed by atoms with E-state index in [1.54, 1.807) is 38.5 Å². The van der Waals surface area contributed by atoms with Gasteiger partial charge < -0.3 is 9.47 Å². The Labute approximate surface area is 219 Å². The lowest BCUT2D eigenvalue weighted by Crippen LogP contribution is -2.43. The second-order valence-corrected chi connectivity index (χ2v) is 8.95. The second-order valence-electron chi connectivity index (χ2n) is 8.00. The predicted octanol–water partition coefficient (Wildman–Crippen LogP) is 3.36. The Bertz CT molecular complexity index is 1330. The lowest BCUT2D eigenvalue weighted by Gasteiger charge is -2.11. The molecule has 0 aliphatic heterocycles. The van der Waals surface area contributed by atoms with E-state index in [0.29, 0.717) is 17.3 Å². The first-order chi connectivity index (χ1) is 18.1. The molecule has 0 atom stereocenters. The van der Waals surface area contributed by atoms with Crippen molar-refractivity contribution < 1.29 is 19.1 Å². The lowest BCUT2D eigenvalue weighted by atomic mass is 10.1. The lowest BCUT2D eigenvalue weighted by molar-refractivity contribution is -0.127. The number of aromatic nitrogens is 3. The molecule has 10 heteroatoms. The zero-order valence-electron chi connectivity index (χ0n) is 20.5. The zero-order valence-corrected chi connectivity index (χ0v) is 21.3. The van der Waals surface area contributed by atoms with Gasteiger partial charge in [0.25, 0.3) is 0 Å². The Hall–Kier alpha value is -4.31. The standard InChI is InChI=1S/C27H27N5O4S/c1-35-22-12-8-19(9-13-22)16-24-28-31-27(32(24)21-6-4-3-5-7-21)37-18-26(34)30-29-25(33)17-20-10-14-23(36-2)15-11-20/h3-15H,16-18H2,1-2H3,(H,29,33)(H,30,34). The van der Waals surface area contributed by atoms with Crippen LogP contribution < -0.4 is 20.3 Å². The zero-order chi connectivity index (χ0) is 26.0. The molecule has 0 radical (unpaired) electrons. The molecule has 1 heterocycles. The van der Waals surface area contributed by atoms with Gasteiger partial charge in [-0.1, -0.05) is 54.2 Å². The number of methoxy groups -OCH3 is 2. The molecule has 0 bridgehead atoms. The molecule has 3 aromatic carbocycles. The number of para-hydroxylation sites is 1. The van der Waals surface area contributed by atoms with Crippen molar-refractivity contribution in [2.45, 2.75) is 18.0 Å². The van der Waals surface area contributed by atoms with E-state index in [9.17, 15) is 9.59 Å². The Morgan fingerprint density at radius 3 is 2.00 bits per heavy atom. The number of amides is 2. The molecule has 0 spiro atoms. The third kappa shape index (κ3) is 7.11. The molecule has 0 aliphatic carbocycles. The van der Waals surface area contributed by atoms with Crippen LogP contribution in [0.4, 0.5) is 0 Å². The van der Waals surface area contributed by atoms with Gasteiger partial charge in [0.2, 0.25) is 11.8 Å². The van der Waals surface area contributed by atoms with Crippen LogP contribution in [-0.4, -0.2) is 46.6 Å². The van der Waals surface area contributed by atoms with Gasteiger partial charge in [-0.3, -0.25) is 25.0 Å². The largest absolute Gasteiger partial charge is 0.497 e. The van der Waals surface area contributed by atoms with Crippen molar-refractivity contribution in [3.8, 4) is 17.2 Å². The third-order valence-electron chi connectivity index (χ3n) is 5.43. The summed E-state index contributed by atoms with van der Waals surface area (Å²) >= 11 is 1.24. The Morgan fingerprint density at radius 2 is 1.38 bits per heavy atom. The summed E-state index contributed by atoms with van der Waals surface area (Å²) in [5, 5.41) is 9.30. The van der Waals surface area contributed by atoms with Crippen LogP contribution in [0.3, 0.4) is 0 Å². The van der Waals surface area contributed by atoms with Crippen molar-refractivity contribution in [1.82, 2.24) is 25.6 Å². The number of hydrogen-bond acceptors (Lipinski definition) is 7. The molecule has 0 saturated carbocycles. The van der Waals surface area contributed by atoms with Crippen molar-refractivity contribution in [3.63, 3.8) is 0 Å². The number of hydrogen-bond donors (Lipinski definition) is 2. The molecule has 0 aliphatic rings. The summed E-state index contributed by atoms with van der Waals surface area (Å²) in [4.78, 5) is 24.6. The monoisotopic (exact) mass is 517 g/mol. The molecule has 0 fully saturated rings. The molecule has 2 N–H and O–H groups in total. The van der Waals surface area contributed by atoms with Crippen molar-refractivity contribution >= 4 is 23.6 Å². The quantitative estimate of drug-likeness (QED) is 0.245. The normalized spacial score (nSPS) is 10.5. The molecule has 9 nitrogen and oxygen atoms in total. The van der Waals surface area contributed by atoms with Crippen LogP contribution >= 0.6 is 11.8 Å². The average Bonchev–Trinajstić information content (AvgIpc) is 3.34. The van der Waals surface area contributed by atoms with E-state index < -0.39 is 0 Å². The van der Waals surface area contributed by atoms with Gasteiger partial charge in [-0.15, -0.1) is 10.2 Å². The summed E-state index contributed by atoms with van der Waals surface area (Å²) in [5.41, 5.74) is 7.67. The fourth-order valence-corrected chi connectivity index (χ4v) is 4.32. The summed E-state index contributed by atoms with van der Waals surface area (Å²) in [6, 6.07) is 24.7. The first kappa shape index (κ1) is 25.8. The maximum Gasteiger partial charge on any atom is 0.248 e. The number of carbonyl (C=O) groups is 2. The van der Waals surface area contributed by atoms with Crippen molar-refractivity contribution in [2.75, 3.05) is 20.0 Å². The van der Waals surface area contributed by atoms with Gasteiger partial charge in [0.05, 0.1) is 26.4 Å². The van der Waals surface area contributed by atoms with Crippen LogP contribution in [0.1, 0.15) is 17.0 Å².